The Morgan fingerprint density at radius 1 is 1.15 bits per heavy atom. The number of nitriles is 1. The van der Waals surface area contributed by atoms with Gasteiger partial charge >= 0.3 is 6.18 Å². The highest BCUT2D eigenvalue weighted by Crippen LogP contribution is 2.46. The zero-order valence-electron chi connectivity index (χ0n) is 17.7. The fraction of sp³-hybridized carbons (Fsp3) is 0.333. The van der Waals surface area contributed by atoms with Crippen LogP contribution in [0.15, 0.2) is 35.6 Å². The highest BCUT2D eigenvalue weighted by Gasteiger charge is 2.38. The van der Waals surface area contributed by atoms with Crippen molar-refractivity contribution in [1.29, 1.82) is 5.26 Å². The first-order chi connectivity index (χ1) is 16.3. The van der Waals surface area contributed by atoms with E-state index in [1.807, 2.05) is 6.07 Å². The molecule has 0 aromatic carbocycles. The number of aromatic nitrogens is 8. The minimum absolute atomic E-state index is 0.0118. The van der Waals surface area contributed by atoms with Crippen LogP contribution in [-0.4, -0.2) is 39.7 Å². The highest BCUT2D eigenvalue weighted by molar-refractivity contribution is 5.80. The van der Waals surface area contributed by atoms with Crippen LogP contribution in [0.5, 0.6) is 0 Å². The maximum Gasteiger partial charge on any atom is 0.451 e. The van der Waals surface area contributed by atoms with Crippen LogP contribution in [0.3, 0.4) is 0 Å². The molecule has 4 aromatic heterocycles. The summed E-state index contributed by atoms with van der Waals surface area (Å²) < 4.78 is 39.8. The Hall–Kier alpha value is -4.21. The molecule has 4 aromatic rings. The largest absolute Gasteiger partial charge is 0.451 e. The van der Waals surface area contributed by atoms with Crippen LogP contribution in [0.1, 0.15) is 66.4 Å². The molecule has 5 rings (SSSR count). The molecule has 1 aliphatic rings. The number of hydrogen-bond donors (Lipinski definition) is 1. The molecule has 4 heterocycles. The van der Waals surface area contributed by atoms with Crippen LogP contribution in [0.25, 0.3) is 11.0 Å². The van der Waals surface area contributed by atoms with Gasteiger partial charge in [-0.15, -0.1) is 0 Å². The van der Waals surface area contributed by atoms with E-state index in [0.717, 1.165) is 25.2 Å². The number of fused-ring (bicyclic) bond motifs is 1. The number of H-pyrrole nitrogens is 1. The Labute approximate surface area is 189 Å². The Morgan fingerprint density at radius 2 is 1.82 bits per heavy atom. The van der Waals surface area contributed by atoms with E-state index in [4.69, 9.17) is 0 Å². The van der Waals surface area contributed by atoms with Crippen LogP contribution in [-0.2, 0) is 6.18 Å². The zero-order chi connectivity index (χ0) is 24.0. The summed E-state index contributed by atoms with van der Waals surface area (Å²) in [5.74, 6) is -0.333. The number of nitrogens with one attached hydrogen (secondary N) is 1. The minimum Gasteiger partial charge on any atom is -0.310 e. The molecule has 0 aliphatic heterocycles. The van der Waals surface area contributed by atoms with Crippen molar-refractivity contribution in [3.63, 3.8) is 0 Å². The van der Waals surface area contributed by atoms with Gasteiger partial charge in [-0.1, -0.05) is 0 Å². The van der Waals surface area contributed by atoms with Gasteiger partial charge in [0.2, 0.25) is 5.82 Å². The van der Waals surface area contributed by atoms with E-state index < -0.39 is 23.6 Å². The van der Waals surface area contributed by atoms with Gasteiger partial charge < -0.3 is 4.98 Å². The van der Waals surface area contributed by atoms with Crippen molar-refractivity contribution in [2.24, 2.45) is 0 Å². The Bertz CT molecular complexity index is 1460. The van der Waals surface area contributed by atoms with Gasteiger partial charge in [-0.25, -0.2) is 29.6 Å². The van der Waals surface area contributed by atoms with Crippen LogP contribution in [0.4, 0.5) is 13.2 Å². The van der Waals surface area contributed by atoms with Gasteiger partial charge in [0, 0.05) is 42.2 Å². The van der Waals surface area contributed by atoms with Gasteiger partial charge in [0.15, 0.2) is 11.3 Å². The smallest absolute Gasteiger partial charge is 0.310 e. The molecular formula is C21H16F3N9O. The maximum atomic E-state index is 12.9. The summed E-state index contributed by atoms with van der Waals surface area (Å²) in [6, 6.07) is 2.91. The third kappa shape index (κ3) is 3.57. The lowest BCUT2D eigenvalue weighted by Gasteiger charge is -2.34. The Balaban J connectivity index is 1.57. The molecule has 34 heavy (non-hydrogen) atoms. The Morgan fingerprint density at radius 3 is 2.41 bits per heavy atom. The summed E-state index contributed by atoms with van der Waals surface area (Å²) in [6.07, 6.45) is 2.32. The predicted molar refractivity (Wildman–Crippen MR) is 110 cm³/mol. The predicted octanol–water partition coefficient (Wildman–Crippen LogP) is 2.86. The first kappa shape index (κ1) is 21.6. The van der Waals surface area contributed by atoms with Gasteiger partial charge in [-0.05, 0) is 25.8 Å². The molecule has 10 nitrogen and oxygen atoms in total. The fourth-order valence-corrected chi connectivity index (χ4v) is 4.07. The monoisotopic (exact) mass is 467 g/mol. The third-order valence-electron chi connectivity index (χ3n) is 6.00. The van der Waals surface area contributed by atoms with E-state index >= 15 is 0 Å². The number of aromatic amines is 1. The second kappa shape index (κ2) is 7.98. The molecule has 1 saturated carbocycles. The van der Waals surface area contributed by atoms with Crippen molar-refractivity contribution in [2.45, 2.75) is 43.8 Å². The number of halogens is 3. The lowest BCUT2D eigenvalue weighted by atomic mass is 9.72. The molecule has 0 saturated heterocycles. The van der Waals surface area contributed by atoms with Crippen molar-refractivity contribution in [2.75, 3.05) is 0 Å². The second-order valence-electron chi connectivity index (χ2n) is 7.97. The van der Waals surface area contributed by atoms with Gasteiger partial charge in [0.1, 0.15) is 23.1 Å². The standard InChI is InChI=1S/C21H16F3N9O/c1-10(11-8-28-20(29-9-11)21(22,23)24)33-18-15(14(7-25)32-33)19(34)31-17(30-18)13-4-3-12(13)16-26-5-2-6-27-16/h2,5-6,8-10,12-13H,3-4H2,1H3,(H,30,31,34). The number of nitrogens with zero attached hydrogens (tertiary/aromatic N) is 8. The molecule has 172 valence electrons. The van der Waals surface area contributed by atoms with Crippen LogP contribution in [0.2, 0.25) is 0 Å². The fourth-order valence-electron chi connectivity index (χ4n) is 4.07. The molecule has 1 fully saturated rings. The molecule has 3 unspecified atom stereocenters. The minimum atomic E-state index is -4.67. The lowest BCUT2D eigenvalue weighted by molar-refractivity contribution is -0.145. The molecule has 1 aliphatic carbocycles. The topological polar surface area (TPSA) is 139 Å². The molecule has 3 atom stereocenters. The molecule has 0 radical (unpaired) electrons. The summed E-state index contributed by atoms with van der Waals surface area (Å²) in [5, 5.41) is 13.7. The van der Waals surface area contributed by atoms with Gasteiger partial charge in [-0.2, -0.15) is 23.5 Å². The van der Waals surface area contributed by atoms with Crippen LogP contribution >= 0.6 is 0 Å². The molecule has 0 bridgehead atoms. The van der Waals surface area contributed by atoms with Gasteiger partial charge in [0.25, 0.3) is 5.56 Å². The number of hydrogen-bond acceptors (Lipinski definition) is 8. The van der Waals surface area contributed by atoms with E-state index in [2.05, 4.69) is 35.0 Å². The first-order valence-corrected chi connectivity index (χ1v) is 10.4. The summed E-state index contributed by atoms with van der Waals surface area (Å²) in [6.45, 7) is 1.64. The Kier molecular flexibility index (Phi) is 5.07. The van der Waals surface area contributed by atoms with Crippen molar-refractivity contribution in [1.82, 2.24) is 39.7 Å². The summed E-state index contributed by atoms with van der Waals surface area (Å²) in [5.41, 5.74) is -0.183. The summed E-state index contributed by atoms with van der Waals surface area (Å²) in [7, 11) is 0. The highest BCUT2D eigenvalue weighted by atomic mass is 19.4. The van der Waals surface area contributed by atoms with E-state index in [9.17, 15) is 23.2 Å². The van der Waals surface area contributed by atoms with Crippen molar-refractivity contribution in [3.05, 3.63) is 69.9 Å². The molecule has 0 spiro atoms. The van der Waals surface area contributed by atoms with E-state index in [1.54, 1.807) is 25.4 Å². The normalized spacial score (nSPS) is 18.9. The molecule has 1 N–H and O–H groups in total. The van der Waals surface area contributed by atoms with Crippen molar-refractivity contribution >= 4 is 11.0 Å². The van der Waals surface area contributed by atoms with Crippen LogP contribution in [0, 0.1) is 11.3 Å². The quantitative estimate of drug-likeness (QED) is 0.483. The third-order valence-corrected chi connectivity index (χ3v) is 6.00. The van der Waals surface area contributed by atoms with E-state index in [0.29, 0.717) is 17.2 Å². The van der Waals surface area contributed by atoms with Gasteiger partial charge in [-0.3, -0.25) is 4.79 Å². The number of rotatable bonds is 4. The molecular weight excluding hydrogens is 451 g/mol. The average molecular weight is 467 g/mol. The molecule has 13 heteroatoms. The summed E-state index contributed by atoms with van der Waals surface area (Å²) in [4.78, 5) is 35.7. The summed E-state index contributed by atoms with van der Waals surface area (Å²) >= 11 is 0. The first-order valence-electron chi connectivity index (χ1n) is 10.4. The zero-order valence-corrected chi connectivity index (χ0v) is 17.7. The van der Waals surface area contributed by atoms with Gasteiger partial charge in [0.05, 0.1) is 6.04 Å². The van der Waals surface area contributed by atoms with E-state index in [-0.39, 0.29) is 28.6 Å². The lowest BCUT2D eigenvalue weighted by Crippen LogP contribution is -2.28. The van der Waals surface area contributed by atoms with Crippen molar-refractivity contribution in [3.8, 4) is 6.07 Å². The molecule has 0 amide bonds. The SMILES string of the molecule is CC(c1cnc(C(F)(F)F)nc1)n1nc(C#N)c2c(=O)[nH]c(C3CCC3c3ncccn3)nc21. The number of alkyl halides is 3. The maximum absolute atomic E-state index is 12.9. The van der Waals surface area contributed by atoms with E-state index in [1.165, 1.54) is 4.68 Å². The second-order valence-corrected chi connectivity index (χ2v) is 7.97. The van der Waals surface area contributed by atoms with Crippen molar-refractivity contribution < 1.29 is 13.2 Å². The van der Waals surface area contributed by atoms with Crippen LogP contribution < -0.4 is 5.56 Å². The average Bonchev–Trinajstić information content (AvgIpc) is 3.17.